The summed E-state index contributed by atoms with van der Waals surface area (Å²) < 4.78 is 2.41. The van der Waals surface area contributed by atoms with Crippen LogP contribution in [0.3, 0.4) is 0 Å². The average Bonchev–Trinajstić information content (AvgIpc) is 2.45. The topological polar surface area (TPSA) is 3.88 Å². The largest absolute Gasteiger partial charge is 0.205 e. The van der Waals surface area contributed by atoms with Crippen molar-refractivity contribution in [1.29, 1.82) is 0 Å². The molecule has 0 saturated carbocycles. The standard InChI is InChI=1S/C18H32N/c1-4-7-8-9-10-11-12-13-19-15-17(5-2)14-18(6-3)16-19/h14-16H,4-13H2,1-3H3/q+1. The second-order valence-electron chi connectivity index (χ2n) is 5.62. The maximum atomic E-state index is 2.41. The smallest absolute Gasteiger partial charge is 0.171 e. The van der Waals surface area contributed by atoms with Crippen LogP contribution in [0.5, 0.6) is 0 Å². The van der Waals surface area contributed by atoms with Gasteiger partial charge < -0.3 is 0 Å². The fourth-order valence-electron chi connectivity index (χ4n) is 2.54. The van der Waals surface area contributed by atoms with Gasteiger partial charge in [-0.05, 0) is 25.3 Å². The van der Waals surface area contributed by atoms with Crippen LogP contribution in [0.25, 0.3) is 0 Å². The summed E-state index contributed by atoms with van der Waals surface area (Å²) in [7, 11) is 0. The van der Waals surface area contributed by atoms with Crippen molar-refractivity contribution in [2.75, 3.05) is 0 Å². The molecule has 1 heteroatoms. The van der Waals surface area contributed by atoms with Crippen molar-refractivity contribution in [2.45, 2.75) is 85.1 Å². The van der Waals surface area contributed by atoms with Crippen LogP contribution in [0, 0.1) is 0 Å². The van der Waals surface area contributed by atoms with E-state index in [9.17, 15) is 0 Å². The number of unbranched alkanes of at least 4 members (excludes halogenated alkanes) is 6. The maximum Gasteiger partial charge on any atom is 0.171 e. The molecular formula is C18H32N+. The predicted octanol–water partition coefficient (Wildman–Crippen LogP) is 4.85. The summed E-state index contributed by atoms with van der Waals surface area (Å²) in [6.45, 7) is 7.96. The molecule has 0 bridgehead atoms. The predicted molar refractivity (Wildman–Crippen MR) is 83.4 cm³/mol. The minimum Gasteiger partial charge on any atom is -0.205 e. The number of aromatic nitrogens is 1. The quantitative estimate of drug-likeness (QED) is 0.419. The Hall–Kier alpha value is -0.850. The van der Waals surface area contributed by atoms with Gasteiger partial charge in [0.2, 0.25) is 0 Å². The third kappa shape index (κ3) is 6.75. The van der Waals surface area contributed by atoms with Crippen molar-refractivity contribution in [3.05, 3.63) is 29.6 Å². The zero-order chi connectivity index (χ0) is 13.9. The van der Waals surface area contributed by atoms with Gasteiger partial charge in [0, 0.05) is 17.5 Å². The van der Waals surface area contributed by atoms with E-state index in [-0.39, 0.29) is 0 Å². The van der Waals surface area contributed by atoms with Crippen molar-refractivity contribution in [3.8, 4) is 0 Å². The molecule has 1 heterocycles. The van der Waals surface area contributed by atoms with Crippen molar-refractivity contribution in [1.82, 2.24) is 0 Å². The van der Waals surface area contributed by atoms with E-state index < -0.39 is 0 Å². The number of pyridine rings is 1. The van der Waals surface area contributed by atoms with Crippen LogP contribution in [0.15, 0.2) is 18.5 Å². The highest BCUT2D eigenvalue weighted by molar-refractivity contribution is 5.14. The molecule has 0 unspecified atom stereocenters. The summed E-state index contributed by atoms with van der Waals surface area (Å²) in [6.07, 6.45) is 16.7. The lowest BCUT2D eigenvalue weighted by Crippen LogP contribution is -2.34. The first-order valence-electron chi connectivity index (χ1n) is 8.32. The molecule has 0 aromatic carbocycles. The van der Waals surface area contributed by atoms with Crippen molar-refractivity contribution in [3.63, 3.8) is 0 Å². The molecule has 0 radical (unpaired) electrons. The first-order valence-corrected chi connectivity index (χ1v) is 8.32. The van der Waals surface area contributed by atoms with E-state index in [2.05, 4.69) is 43.8 Å². The maximum absolute atomic E-state index is 2.41. The van der Waals surface area contributed by atoms with E-state index in [1.807, 2.05) is 0 Å². The Morgan fingerprint density at radius 3 is 1.79 bits per heavy atom. The van der Waals surface area contributed by atoms with Crippen LogP contribution in [0.4, 0.5) is 0 Å². The Labute approximate surface area is 120 Å². The van der Waals surface area contributed by atoms with Crippen LogP contribution in [0.1, 0.15) is 76.8 Å². The lowest BCUT2D eigenvalue weighted by Gasteiger charge is -2.03. The monoisotopic (exact) mass is 262 g/mol. The number of aryl methyl sites for hydroxylation is 3. The Morgan fingerprint density at radius 1 is 0.737 bits per heavy atom. The van der Waals surface area contributed by atoms with Gasteiger partial charge in [-0.25, -0.2) is 4.57 Å². The summed E-state index contributed by atoms with van der Waals surface area (Å²) in [6, 6.07) is 2.35. The normalized spacial score (nSPS) is 10.9. The Morgan fingerprint density at radius 2 is 1.26 bits per heavy atom. The van der Waals surface area contributed by atoms with Gasteiger partial charge in [0.25, 0.3) is 0 Å². The SMILES string of the molecule is CCCCCCCCC[n+]1cc(CC)cc(CC)c1. The summed E-state index contributed by atoms with van der Waals surface area (Å²) in [5, 5.41) is 0. The summed E-state index contributed by atoms with van der Waals surface area (Å²) in [5.74, 6) is 0. The fourth-order valence-corrected chi connectivity index (χ4v) is 2.54. The fraction of sp³-hybridized carbons (Fsp3) is 0.722. The van der Waals surface area contributed by atoms with Gasteiger partial charge in [0.1, 0.15) is 6.54 Å². The molecular weight excluding hydrogens is 230 g/mol. The molecule has 1 nitrogen and oxygen atoms in total. The molecule has 0 aliphatic heterocycles. The van der Waals surface area contributed by atoms with Crippen molar-refractivity contribution >= 4 is 0 Å². The Bertz CT molecular complexity index is 321. The lowest BCUT2D eigenvalue weighted by molar-refractivity contribution is -0.698. The molecule has 1 aromatic heterocycles. The lowest BCUT2D eigenvalue weighted by atomic mass is 10.1. The van der Waals surface area contributed by atoms with Crippen LogP contribution in [-0.4, -0.2) is 0 Å². The highest BCUT2D eigenvalue weighted by atomic mass is 14.9. The van der Waals surface area contributed by atoms with Crippen molar-refractivity contribution < 1.29 is 4.57 Å². The molecule has 0 amide bonds. The van der Waals surface area contributed by atoms with Gasteiger partial charge >= 0.3 is 0 Å². The third-order valence-corrected chi connectivity index (χ3v) is 3.87. The van der Waals surface area contributed by atoms with E-state index in [0.29, 0.717) is 0 Å². The Kier molecular flexibility index (Phi) is 8.53. The molecule has 0 spiro atoms. The third-order valence-electron chi connectivity index (χ3n) is 3.87. The summed E-state index contributed by atoms with van der Waals surface area (Å²) >= 11 is 0. The van der Waals surface area contributed by atoms with E-state index in [4.69, 9.17) is 0 Å². The van der Waals surface area contributed by atoms with Gasteiger partial charge in [-0.3, -0.25) is 0 Å². The summed E-state index contributed by atoms with van der Waals surface area (Å²) in [5.41, 5.74) is 2.95. The zero-order valence-corrected chi connectivity index (χ0v) is 13.3. The van der Waals surface area contributed by atoms with Gasteiger partial charge in [-0.2, -0.15) is 0 Å². The van der Waals surface area contributed by atoms with Crippen LogP contribution >= 0.6 is 0 Å². The molecule has 1 rings (SSSR count). The first-order chi connectivity index (χ1) is 9.30. The van der Waals surface area contributed by atoms with E-state index >= 15 is 0 Å². The van der Waals surface area contributed by atoms with Crippen LogP contribution in [-0.2, 0) is 19.4 Å². The van der Waals surface area contributed by atoms with E-state index in [0.717, 1.165) is 12.8 Å². The van der Waals surface area contributed by atoms with Crippen molar-refractivity contribution in [2.24, 2.45) is 0 Å². The molecule has 0 fully saturated rings. The molecule has 0 aliphatic carbocycles. The first kappa shape index (κ1) is 16.2. The molecule has 108 valence electrons. The zero-order valence-electron chi connectivity index (χ0n) is 13.3. The van der Waals surface area contributed by atoms with Crippen LogP contribution in [0.2, 0.25) is 0 Å². The minimum absolute atomic E-state index is 1.14. The van der Waals surface area contributed by atoms with E-state index in [1.165, 1.54) is 62.6 Å². The molecule has 0 aliphatic rings. The number of hydrogen-bond donors (Lipinski definition) is 0. The minimum atomic E-state index is 1.14. The van der Waals surface area contributed by atoms with Gasteiger partial charge in [-0.15, -0.1) is 0 Å². The Balaban J connectivity index is 2.28. The average molecular weight is 262 g/mol. The molecule has 0 N–H and O–H groups in total. The van der Waals surface area contributed by atoms with Crippen LogP contribution < -0.4 is 4.57 Å². The number of nitrogens with zero attached hydrogens (tertiary/aromatic N) is 1. The molecule has 1 aromatic rings. The summed E-state index contributed by atoms with van der Waals surface area (Å²) in [4.78, 5) is 0. The second-order valence-corrected chi connectivity index (χ2v) is 5.62. The number of rotatable bonds is 10. The van der Waals surface area contributed by atoms with E-state index in [1.54, 1.807) is 0 Å². The highest BCUT2D eigenvalue weighted by Crippen LogP contribution is 2.07. The number of hydrogen-bond acceptors (Lipinski definition) is 0. The molecule has 19 heavy (non-hydrogen) atoms. The molecule has 0 atom stereocenters. The molecule has 0 saturated heterocycles. The van der Waals surface area contributed by atoms with Gasteiger partial charge in [-0.1, -0.05) is 52.9 Å². The second kappa shape index (κ2) is 10.00. The van der Waals surface area contributed by atoms with Gasteiger partial charge in [0.15, 0.2) is 12.4 Å². The van der Waals surface area contributed by atoms with Gasteiger partial charge in [0.05, 0.1) is 0 Å². The highest BCUT2D eigenvalue weighted by Gasteiger charge is 2.05.